The van der Waals surface area contributed by atoms with Crippen LogP contribution in [-0.2, 0) is 20.9 Å². The van der Waals surface area contributed by atoms with Crippen LogP contribution in [0.3, 0.4) is 0 Å². The number of carbonyl (C=O) groups is 2. The smallest absolute Gasteiger partial charge is 0.325 e. The Bertz CT molecular complexity index is 602. The van der Waals surface area contributed by atoms with E-state index in [0.717, 1.165) is 16.8 Å². The minimum absolute atomic E-state index is 0.210. The molecule has 0 unspecified atom stereocenters. The fraction of sp³-hybridized carbons (Fsp3) is 0.500. The Labute approximate surface area is 114 Å². The summed E-state index contributed by atoms with van der Waals surface area (Å²) >= 11 is 0. The summed E-state index contributed by atoms with van der Waals surface area (Å²) in [5.74, 6) is -1.02. The van der Waals surface area contributed by atoms with E-state index in [1.165, 1.54) is 12.0 Å². The maximum absolute atomic E-state index is 12.1. The Kier molecular flexibility index (Phi) is 5.24. The molecule has 0 aliphatic carbocycles. The van der Waals surface area contributed by atoms with Crippen molar-refractivity contribution in [1.29, 1.82) is 0 Å². The monoisotopic (exact) mass is 283 g/mol. The van der Waals surface area contributed by atoms with Gasteiger partial charge < -0.3 is 9.64 Å². The van der Waals surface area contributed by atoms with E-state index in [2.05, 4.69) is 9.84 Å². The number of rotatable bonds is 5. The van der Waals surface area contributed by atoms with Gasteiger partial charge in [-0.3, -0.25) is 24.3 Å². The number of nitrogens with zero attached hydrogens (tertiary/aromatic N) is 2. The van der Waals surface area contributed by atoms with E-state index in [4.69, 9.17) is 0 Å². The van der Waals surface area contributed by atoms with E-state index >= 15 is 0 Å². The minimum atomic E-state index is -0.555. The van der Waals surface area contributed by atoms with E-state index < -0.39 is 23.0 Å². The average molecular weight is 283 g/mol. The lowest BCUT2D eigenvalue weighted by Gasteiger charge is -2.25. The number of nitrogens with one attached hydrogen (secondary N) is 1. The summed E-state index contributed by atoms with van der Waals surface area (Å²) in [6.45, 7) is 2.91. The van der Waals surface area contributed by atoms with Crippen molar-refractivity contribution in [2.75, 3.05) is 13.7 Å². The number of esters is 1. The van der Waals surface area contributed by atoms with Gasteiger partial charge in [-0.2, -0.15) is 0 Å². The lowest BCUT2D eigenvalue weighted by atomic mass is 10.3. The van der Waals surface area contributed by atoms with Gasteiger partial charge in [0.05, 0.1) is 7.11 Å². The molecule has 0 aliphatic heterocycles. The molecule has 0 saturated carbocycles. The van der Waals surface area contributed by atoms with Crippen molar-refractivity contribution in [3.63, 3.8) is 0 Å². The van der Waals surface area contributed by atoms with E-state index in [1.54, 1.807) is 13.8 Å². The SMILES string of the molecule is COC(=O)CN(C(=O)Cn1[nH]c(=O)ccc1=O)C(C)C. The lowest BCUT2D eigenvalue weighted by molar-refractivity contribution is -0.148. The summed E-state index contributed by atoms with van der Waals surface area (Å²) in [5.41, 5.74) is -0.985. The fourth-order valence-corrected chi connectivity index (χ4v) is 1.57. The number of H-pyrrole nitrogens is 1. The zero-order valence-corrected chi connectivity index (χ0v) is 11.6. The van der Waals surface area contributed by atoms with Gasteiger partial charge in [-0.25, -0.2) is 4.68 Å². The van der Waals surface area contributed by atoms with Gasteiger partial charge in [0.1, 0.15) is 13.1 Å². The normalized spacial score (nSPS) is 10.4. The summed E-state index contributed by atoms with van der Waals surface area (Å²) in [6, 6.07) is 1.91. The number of hydrogen-bond acceptors (Lipinski definition) is 5. The second kappa shape index (κ2) is 6.69. The van der Waals surface area contributed by atoms with Crippen molar-refractivity contribution in [2.24, 2.45) is 0 Å². The molecule has 1 rings (SSSR count). The Morgan fingerprint density at radius 1 is 1.35 bits per heavy atom. The fourth-order valence-electron chi connectivity index (χ4n) is 1.57. The van der Waals surface area contributed by atoms with E-state index in [9.17, 15) is 19.2 Å². The van der Waals surface area contributed by atoms with Gasteiger partial charge in [-0.15, -0.1) is 0 Å². The molecule has 1 aromatic heterocycles. The highest BCUT2D eigenvalue weighted by molar-refractivity contribution is 5.82. The Balaban J connectivity index is 2.91. The van der Waals surface area contributed by atoms with Crippen molar-refractivity contribution in [2.45, 2.75) is 26.4 Å². The van der Waals surface area contributed by atoms with E-state index in [1.807, 2.05) is 0 Å². The molecule has 20 heavy (non-hydrogen) atoms. The molecular weight excluding hydrogens is 266 g/mol. The molecule has 8 heteroatoms. The van der Waals surface area contributed by atoms with Crippen LogP contribution in [0.2, 0.25) is 0 Å². The standard InChI is InChI=1S/C12H17N3O5/c1-8(2)14(7-12(19)20-3)11(18)6-15-10(17)5-4-9(16)13-15/h4-5,8H,6-7H2,1-3H3,(H,13,16). The molecule has 1 N–H and O–H groups in total. The van der Waals surface area contributed by atoms with Gasteiger partial charge in [0.15, 0.2) is 0 Å². The maximum Gasteiger partial charge on any atom is 0.325 e. The first-order valence-corrected chi connectivity index (χ1v) is 6.01. The molecule has 0 fully saturated rings. The quantitative estimate of drug-likeness (QED) is 0.694. The predicted molar refractivity (Wildman–Crippen MR) is 70.2 cm³/mol. The number of methoxy groups -OCH3 is 1. The second-order valence-electron chi connectivity index (χ2n) is 4.43. The van der Waals surface area contributed by atoms with Crippen LogP contribution in [-0.4, -0.2) is 46.3 Å². The minimum Gasteiger partial charge on any atom is -0.468 e. The topological polar surface area (TPSA) is 101 Å². The molecule has 1 aromatic rings. The highest BCUT2D eigenvalue weighted by Gasteiger charge is 2.21. The van der Waals surface area contributed by atoms with Crippen LogP contribution in [0.4, 0.5) is 0 Å². The molecule has 0 radical (unpaired) electrons. The zero-order valence-electron chi connectivity index (χ0n) is 11.6. The molecule has 8 nitrogen and oxygen atoms in total. The van der Waals surface area contributed by atoms with Crippen molar-refractivity contribution >= 4 is 11.9 Å². The molecule has 1 heterocycles. The molecule has 0 saturated heterocycles. The zero-order chi connectivity index (χ0) is 15.3. The van der Waals surface area contributed by atoms with E-state index in [0.29, 0.717) is 0 Å². The third-order valence-corrected chi connectivity index (χ3v) is 2.65. The third kappa shape index (κ3) is 4.08. The molecule has 0 bridgehead atoms. The molecule has 110 valence electrons. The third-order valence-electron chi connectivity index (χ3n) is 2.65. The first kappa shape index (κ1) is 15.7. The van der Waals surface area contributed by atoms with Crippen LogP contribution in [0.15, 0.2) is 21.7 Å². The predicted octanol–water partition coefficient (Wildman–Crippen LogP) is -1.05. The largest absolute Gasteiger partial charge is 0.468 e. The number of amides is 1. The van der Waals surface area contributed by atoms with Gasteiger partial charge in [0.25, 0.3) is 11.1 Å². The summed E-state index contributed by atoms with van der Waals surface area (Å²) in [5, 5.41) is 2.25. The lowest BCUT2D eigenvalue weighted by Crippen LogP contribution is -2.44. The first-order valence-electron chi connectivity index (χ1n) is 6.01. The van der Waals surface area contributed by atoms with Crippen LogP contribution >= 0.6 is 0 Å². The molecule has 0 aliphatic rings. The molecular formula is C12H17N3O5. The first-order chi connectivity index (χ1) is 9.35. The summed E-state index contributed by atoms with van der Waals surface area (Å²) in [7, 11) is 1.23. The number of ether oxygens (including phenoxy) is 1. The van der Waals surface area contributed by atoms with Crippen LogP contribution in [0, 0.1) is 0 Å². The van der Waals surface area contributed by atoms with Crippen LogP contribution < -0.4 is 11.1 Å². The Morgan fingerprint density at radius 3 is 2.55 bits per heavy atom. The summed E-state index contributed by atoms with van der Waals surface area (Å²) in [4.78, 5) is 47.3. The molecule has 0 atom stereocenters. The van der Waals surface area contributed by atoms with Crippen molar-refractivity contribution in [1.82, 2.24) is 14.7 Å². The van der Waals surface area contributed by atoms with Gasteiger partial charge in [0, 0.05) is 18.2 Å². The highest BCUT2D eigenvalue weighted by Crippen LogP contribution is 2.00. The van der Waals surface area contributed by atoms with Gasteiger partial charge in [-0.05, 0) is 13.8 Å². The molecule has 0 spiro atoms. The van der Waals surface area contributed by atoms with Crippen LogP contribution in [0.1, 0.15) is 13.8 Å². The Hall–Kier alpha value is -2.38. The van der Waals surface area contributed by atoms with Crippen molar-refractivity contribution in [3.05, 3.63) is 32.8 Å². The van der Waals surface area contributed by atoms with Crippen molar-refractivity contribution in [3.8, 4) is 0 Å². The number of aromatic amines is 1. The molecule has 1 amide bonds. The summed E-state index contributed by atoms with van der Waals surface area (Å²) in [6.07, 6.45) is 0. The molecule has 0 aromatic carbocycles. The highest BCUT2D eigenvalue weighted by atomic mass is 16.5. The summed E-state index contributed by atoms with van der Waals surface area (Å²) < 4.78 is 5.42. The number of hydrogen-bond donors (Lipinski definition) is 1. The average Bonchev–Trinajstić information content (AvgIpc) is 2.39. The van der Waals surface area contributed by atoms with Crippen molar-refractivity contribution < 1.29 is 14.3 Å². The van der Waals surface area contributed by atoms with Crippen LogP contribution in [0.5, 0.6) is 0 Å². The number of carbonyl (C=O) groups excluding carboxylic acids is 2. The second-order valence-corrected chi connectivity index (χ2v) is 4.43. The van der Waals surface area contributed by atoms with Gasteiger partial charge in [0.2, 0.25) is 5.91 Å². The van der Waals surface area contributed by atoms with E-state index in [-0.39, 0.29) is 19.1 Å². The van der Waals surface area contributed by atoms with Gasteiger partial charge in [-0.1, -0.05) is 0 Å². The van der Waals surface area contributed by atoms with Gasteiger partial charge >= 0.3 is 5.97 Å². The van der Waals surface area contributed by atoms with Crippen LogP contribution in [0.25, 0.3) is 0 Å². The number of aromatic nitrogens is 2. The maximum atomic E-state index is 12.1. The Morgan fingerprint density at radius 2 is 2.00 bits per heavy atom.